The molecule has 1 heterocycles. The Morgan fingerprint density at radius 2 is 1.52 bits per heavy atom. The quantitative estimate of drug-likeness (QED) is 0.706. The zero-order valence-electron chi connectivity index (χ0n) is 15.6. The first-order valence-electron chi connectivity index (χ1n) is 9.64. The van der Waals surface area contributed by atoms with Gasteiger partial charge in [0.2, 0.25) is 0 Å². The van der Waals surface area contributed by atoms with Crippen molar-refractivity contribution in [2.24, 2.45) is 0 Å². The molecule has 0 bridgehead atoms. The first-order chi connectivity index (χ1) is 13.4. The first-order valence-corrected chi connectivity index (χ1v) is 9.64. The van der Waals surface area contributed by atoms with Crippen molar-refractivity contribution in [3.8, 4) is 5.75 Å². The molecule has 1 aliphatic heterocycles. The number of rotatable bonds is 6. The van der Waals surface area contributed by atoms with Gasteiger partial charge in [0.15, 0.2) is 0 Å². The second kappa shape index (κ2) is 8.85. The molecular weight excluding hydrogens is 332 g/mol. The van der Waals surface area contributed by atoms with Crippen LogP contribution >= 0.6 is 0 Å². The fraction of sp³-hybridized carbons (Fsp3) is 0.250. The number of ether oxygens (including phenoxy) is 1. The van der Waals surface area contributed by atoms with Gasteiger partial charge < -0.3 is 10.1 Å². The normalized spacial score (nSPS) is 17.6. The van der Waals surface area contributed by atoms with Crippen LogP contribution in [-0.2, 0) is 13.2 Å². The van der Waals surface area contributed by atoms with E-state index in [0.29, 0.717) is 12.6 Å². The highest BCUT2D eigenvalue weighted by Gasteiger charge is 2.23. The number of hydrogen-bond acceptors (Lipinski definition) is 3. The standard InChI is InChI=1S/C24H26N2O/c1-3-7-21(8-4-1)19-27-23-13-11-20(12-14-23)18-26-16-15-25-17-24(26)22-9-5-2-6-10-22/h1-14,24-25H,15-19H2. The summed E-state index contributed by atoms with van der Waals surface area (Å²) in [6.07, 6.45) is 0. The molecule has 0 radical (unpaired) electrons. The molecule has 1 saturated heterocycles. The van der Waals surface area contributed by atoms with Gasteiger partial charge in [0.25, 0.3) is 0 Å². The summed E-state index contributed by atoms with van der Waals surface area (Å²) in [5.74, 6) is 0.919. The van der Waals surface area contributed by atoms with Gasteiger partial charge in [-0.1, -0.05) is 72.8 Å². The molecule has 0 spiro atoms. The summed E-state index contributed by atoms with van der Waals surface area (Å²) in [6, 6.07) is 30.0. The molecule has 0 aromatic heterocycles. The lowest BCUT2D eigenvalue weighted by atomic mass is 10.0. The van der Waals surface area contributed by atoms with Crippen molar-refractivity contribution < 1.29 is 4.74 Å². The molecule has 1 aliphatic rings. The van der Waals surface area contributed by atoms with Gasteiger partial charge in [-0.2, -0.15) is 0 Å². The zero-order chi connectivity index (χ0) is 18.3. The van der Waals surface area contributed by atoms with Crippen LogP contribution in [0.25, 0.3) is 0 Å². The molecule has 0 amide bonds. The van der Waals surface area contributed by atoms with Crippen molar-refractivity contribution in [1.29, 1.82) is 0 Å². The average Bonchev–Trinajstić information content (AvgIpc) is 2.75. The fourth-order valence-electron chi connectivity index (χ4n) is 3.61. The number of piperazine rings is 1. The summed E-state index contributed by atoms with van der Waals surface area (Å²) in [6.45, 7) is 4.67. The van der Waals surface area contributed by atoms with E-state index in [1.807, 2.05) is 18.2 Å². The minimum Gasteiger partial charge on any atom is -0.489 e. The maximum Gasteiger partial charge on any atom is 0.119 e. The summed E-state index contributed by atoms with van der Waals surface area (Å²) < 4.78 is 5.90. The third-order valence-electron chi connectivity index (χ3n) is 5.10. The lowest BCUT2D eigenvalue weighted by Gasteiger charge is -2.36. The van der Waals surface area contributed by atoms with Crippen molar-refractivity contribution >= 4 is 0 Å². The van der Waals surface area contributed by atoms with E-state index in [2.05, 4.69) is 76.9 Å². The van der Waals surface area contributed by atoms with Crippen molar-refractivity contribution in [3.05, 3.63) is 102 Å². The van der Waals surface area contributed by atoms with Gasteiger partial charge in [0.05, 0.1) is 0 Å². The Bertz CT molecular complexity index is 818. The maximum atomic E-state index is 5.90. The molecular formula is C24H26N2O. The van der Waals surface area contributed by atoms with Gasteiger partial charge in [-0.25, -0.2) is 0 Å². The van der Waals surface area contributed by atoms with E-state index in [4.69, 9.17) is 4.74 Å². The minimum absolute atomic E-state index is 0.425. The molecule has 138 valence electrons. The second-order valence-corrected chi connectivity index (χ2v) is 7.02. The molecule has 1 atom stereocenters. The van der Waals surface area contributed by atoms with Gasteiger partial charge in [0.1, 0.15) is 12.4 Å². The smallest absolute Gasteiger partial charge is 0.119 e. The molecule has 1 unspecified atom stereocenters. The highest BCUT2D eigenvalue weighted by molar-refractivity contribution is 5.28. The van der Waals surface area contributed by atoms with E-state index in [1.54, 1.807) is 0 Å². The van der Waals surface area contributed by atoms with E-state index in [9.17, 15) is 0 Å². The van der Waals surface area contributed by atoms with Gasteiger partial charge in [-0.05, 0) is 28.8 Å². The Kier molecular flexibility index (Phi) is 5.83. The van der Waals surface area contributed by atoms with Crippen molar-refractivity contribution in [3.63, 3.8) is 0 Å². The molecule has 4 rings (SSSR count). The second-order valence-electron chi connectivity index (χ2n) is 7.02. The number of hydrogen-bond donors (Lipinski definition) is 1. The monoisotopic (exact) mass is 358 g/mol. The van der Waals surface area contributed by atoms with Crippen LogP contribution in [0.15, 0.2) is 84.9 Å². The number of nitrogens with one attached hydrogen (secondary N) is 1. The van der Waals surface area contributed by atoms with Gasteiger partial charge in [-0.15, -0.1) is 0 Å². The average molecular weight is 358 g/mol. The van der Waals surface area contributed by atoms with Crippen LogP contribution in [0.1, 0.15) is 22.7 Å². The van der Waals surface area contributed by atoms with E-state index in [-0.39, 0.29) is 0 Å². The molecule has 3 heteroatoms. The summed E-state index contributed by atoms with van der Waals surface area (Å²) in [5, 5.41) is 3.53. The number of nitrogens with zero attached hydrogens (tertiary/aromatic N) is 1. The van der Waals surface area contributed by atoms with E-state index in [0.717, 1.165) is 31.9 Å². The largest absolute Gasteiger partial charge is 0.489 e. The van der Waals surface area contributed by atoms with Crippen LogP contribution < -0.4 is 10.1 Å². The molecule has 27 heavy (non-hydrogen) atoms. The van der Waals surface area contributed by atoms with Gasteiger partial charge >= 0.3 is 0 Å². The fourth-order valence-corrected chi connectivity index (χ4v) is 3.61. The van der Waals surface area contributed by atoms with Crippen molar-refractivity contribution in [1.82, 2.24) is 10.2 Å². The van der Waals surface area contributed by atoms with Gasteiger partial charge in [0, 0.05) is 32.2 Å². The van der Waals surface area contributed by atoms with Gasteiger partial charge in [-0.3, -0.25) is 4.90 Å². The van der Waals surface area contributed by atoms with Crippen molar-refractivity contribution in [2.45, 2.75) is 19.2 Å². The third-order valence-corrected chi connectivity index (χ3v) is 5.10. The van der Waals surface area contributed by atoms with Crippen LogP contribution in [-0.4, -0.2) is 24.5 Å². The van der Waals surface area contributed by atoms with E-state index in [1.165, 1.54) is 16.7 Å². The lowest BCUT2D eigenvalue weighted by Crippen LogP contribution is -2.45. The Balaban J connectivity index is 1.38. The van der Waals surface area contributed by atoms with E-state index >= 15 is 0 Å². The molecule has 0 saturated carbocycles. The topological polar surface area (TPSA) is 24.5 Å². The molecule has 3 aromatic rings. The lowest BCUT2D eigenvalue weighted by molar-refractivity contribution is 0.153. The van der Waals surface area contributed by atoms with Crippen LogP contribution in [0, 0.1) is 0 Å². The van der Waals surface area contributed by atoms with Crippen LogP contribution in [0.2, 0.25) is 0 Å². The predicted octanol–water partition coefficient (Wildman–Crippen LogP) is 4.41. The first kappa shape index (κ1) is 17.8. The Morgan fingerprint density at radius 1 is 0.815 bits per heavy atom. The Hall–Kier alpha value is -2.62. The summed E-state index contributed by atoms with van der Waals surface area (Å²) in [4.78, 5) is 2.56. The molecule has 3 aromatic carbocycles. The Morgan fingerprint density at radius 3 is 2.26 bits per heavy atom. The summed E-state index contributed by atoms with van der Waals surface area (Å²) >= 11 is 0. The predicted molar refractivity (Wildman–Crippen MR) is 110 cm³/mol. The highest BCUT2D eigenvalue weighted by Crippen LogP contribution is 2.24. The molecule has 0 aliphatic carbocycles. The van der Waals surface area contributed by atoms with Crippen LogP contribution in [0.3, 0.4) is 0 Å². The molecule has 3 nitrogen and oxygen atoms in total. The third kappa shape index (κ3) is 4.76. The maximum absolute atomic E-state index is 5.90. The SMILES string of the molecule is c1ccc(COc2ccc(CN3CCNCC3c3ccccc3)cc2)cc1. The Labute approximate surface area is 161 Å². The summed E-state index contributed by atoms with van der Waals surface area (Å²) in [7, 11) is 0. The number of benzene rings is 3. The highest BCUT2D eigenvalue weighted by atomic mass is 16.5. The zero-order valence-corrected chi connectivity index (χ0v) is 15.6. The van der Waals surface area contributed by atoms with E-state index < -0.39 is 0 Å². The van der Waals surface area contributed by atoms with Crippen LogP contribution in [0.5, 0.6) is 5.75 Å². The summed E-state index contributed by atoms with van der Waals surface area (Å²) in [5.41, 5.74) is 3.89. The van der Waals surface area contributed by atoms with Crippen molar-refractivity contribution in [2.75, 3.05) is 19.6 Å². The molecule has 1 N–H and O–H groups in total. The molecule has 1 fully saturated rings. The van der Waals surface area contributed by atoms with Crippen LogP contribution in [0.4, 0.5) is 0 Å². The minimum atomic E-state index is 0.425.